The van der Waals surface area contributed by atoms with Crippen LogP contribution in [0.4, 0.5) is 0 Å². The smallest absolute Gasteiger partial charge is 0.141 e. The van der Waals surface area contributed by atoms with Gasteiger partial charge in [-0.2, -0.15) is 0 Å². The number of aliphatic hydroxyl groups is 2. The van der Waals surface area contributed by atoms with Gasteiger partial charge in [-0.15, -0.1) is 0 Å². The third-order valence-corrected chi connectivity index (χ3v) is 6.69. The van der Waals surface area contributed by atoms with Crippen LogP contribution in [0.1, 0.15) is 52.9 Å². The average molecular weight is 280 g/mol. The minimum atomic E-state index is -1.39. The molecule has 3 aliphatic carbocycles. The SMILES string of the molecule is CC1(C)C(=O)CCC2[C@H]3CCC(=O)[C@@]3(C)CC(O)C21O. The van der Waals surface area contributed by atoms with Crippen molar-refractivity contribution in [3.8, 4) is 0 Å². The van der Waals surface area contributed by atoms with Crippen molar-refractivity contribution in [1.29, 1.82) is 0 Å². The molecule has 3 rings (SSSR count). The molecule has 5 atom stereocenters. The van der Waals surface area contributed by atoms with Crippen molar-refractivity contribution in [2.45, 2.75) is 64.6 Å². The number of rotatable bonds is 0. The highest BCUT2D eigenvalue weighted by molar-refractivity contribution is 5.89. The summed E-state index contributed by atoms with van der Waals surface area (Å²) in [6.07, 6.45) is 1.61. The van der Waals surface area contributed by atoms with Crippen molar-refractivity contribution in [3.05, 3.63) is 0 Å². The molecule has 0 bridgehead atoms. The Balaban J connectivity index is 2.09. The number of ketones is 2. The second-order valence-electron chi connectivity index (χ2n) is 7.72. The highest BCUT2D eigenvalue weighted by atomic mass is 16.3. The van der Waals surface area contributed by atoms with Crippen LogP contribution in [0, 0.1) is 22.7 Å². The van der Waals surface area contributed by atoms with Crippen LogP contribution in [0.25, 0.3) is 0 Å². The van der Waals surface area contributed by atoms with Gasteiger partial charge >= 0.3 is 0 Å². The van der Waals surface area contributed by atoms with Gasteiger partial charge in [0.25, 0.3) is 0 Å². The van der Waals surface area contributed by atoms with E-state index in [2.05, 4.69) is 0 Å². The summed E-state index contributed by atoms with van der Waals surface area (Å²) in [6.45, 7) is 5.41. The van der Waals surface area contributed by atoms with Crippen molar-refractivity contribution >= 4 is 11.6 Å². The van der Waals surface area contributed by atoms with E-state index in [-0.39, 0.29) is 29.8 Å². The first-order valence-electron chi connectivity index (χ1n) is 7.62. The molecule has 0 spiro atoms. The van der Waals surface area contributed by atoms with E-state index in [0.29, 0.717) is 19.3 Å². The maximum Gasteiger partial charge on any atom is 0.141 e. The van der Waals surface area contributed by atoms with E-state index in [1.807, 2.05) is 6.92 Å². The Morgan fingerprint density at radius 2 is 1.55 bits per heavy atom. The van der Waals surface area contributed by atoms with Crippen molar-refractivity contribution in [2.75, 3.05) is 0 Å². The molecule has 4 heteroatoms. The third-order valence-electron chi connectivity index (χ3n) is 6.69. The number of aliphatic hydroxyl groups excluding tert-OH is 1. The first-order chi connectivity index (χ1) is 9.15. The Morgan fingerprint density at radius 1 is 1.00 bits per heavy atom. The molecule has 3 unspecified atom stereocenters. The van der Waals surface area contributed by atoms with Crippen LogP contribution in [0.2, 0.25) is 0 Å². The molecule has 0 heterocycles. The summed E-state index contributed by atoms with van der Waals surface area (Å²) in [6, 6.07) is 0. The van der Waals surface area contributed by atoms with Crippen molar-refractivity contribution < 1.29 is 19.8 Å². The van der Waals surface area contributed by atoms with Gasteiger partial charge in [0.05, 0.1) is 11.5 Å². The van der Waals surface area contributed by atoms with Gasteiger partial charge in [0, 0.05) is 18.3 Å². The topological polar surface area (TPSA) is 74.6 Å². The fourth-order valence-electron chi connectivity index (χ4n) is 5.24. The molecule has 0 amide bonds. The molecule has 0 aromatic rings. The van der Waals surface area contributed by atoms with Gasteiger partial charge in [-0.1, -0.05) is 20.8 Å². The highest BCUT2D eigenvalue weighted by Crippen LogP contribution is 2.62. The molecule has 4 nitrogen and oxygen atoms in total. The van der Waals surface area contributed by atoms with Crippen molar-refractivity contribution in [1.82, 2.24) is 0 Å². The molecule has 0 aromatic heterocycles. The summed E-state index contributed by atoms with van der Waals surface area (Å²) in [5, 5.41) is 21.8. The number of Topliss-reactive ketones (excluding diaryl/α,β-unsaturated/α-hetero) is 2. The summed E-state index contributed by atoms with van der Waals surface area (Å²) >= 11 is 0. The van der Waals surface area contributed by atoms with E-state index in [4.69, 9.17) is 0 Å². The molecular formula is C16H24O4. The van der Waals surface area contributed by atoms with Crippen molar-refractivity contribution in [3.63, 3.8) is 0 Å². The zero-order valence-corrected chi connectivity index (χ0v) is 12.5. The van der Waals surface area contributed by atoms with E-state index < -0.39 is 22.5 Å². The second kappa shape index (κ2) is 3.92. The number of hydrogen-bond acceptors (Lipinski definition) is 4. The van der Waals surface area contributed by atoms with Gasteiger partial charge < -0.3 is 10.2 Å². The minimum absolute atomic E-state index is 0.0169. The maximum absolute atomic E-state index is 12.2. The summed E-state index contributed by atoms with van der Waals surface area (Å²) in [5.74, 6) is 0.160. The Kier molecular flexibility index (Phi) is 2.78. The molecule has 3 fully saturated rings. The van der Waals surface area contributed by atoms with Crippen LogP contribution in [0.3, 0.4) is 0 Å². The van der Waals surface area contributed by atoms with E-state index in [0.717, 1.165) is 6.42 Å². The van der Waals surface area contributed by atoms with E-state index in [1.54, 1.807) is 13.8 Å². The standard InChI is InChI=1S/C16H24O4/c1-14(2)11(17)6-5-10-9-4-7-12(18)15(9,3)8-13(19)16(10,14)20/h9-10,13,19-20H,4-8H2,1-3H3/t9-,10?,13?,15+,16?/m1/s1. The van der Waals surface area contributed by atoms with Gasteiger partial charge in [-0.3, -0.25) is 9.59 Å². The predicted octanol–water partition coefficient (Wildman–Crippen LogP) is 1.47. The number of fused-ring (bicyclic) bond motifs is 3. The first-order valence-corrected chi connectivity index (χ1v) is 7.62. The fourth-order valence-corrected chi connectivity index (χ4v) is 5.24. The summed E-state index contributed by atoms with van der Waals surface area (Å²) in [5.41, 5.74) is -2.85. The molecule has 0 aliphatic heterocycles. The molecular weight excluding hydrogens is 256 g/mol. The lowest BCUT2D eigenvalue weighted by molar-refractivity contribution is -0.241. The Bertz CT molecular complexity index is 483. The molecule has 0 saturated heterocycles. The van der Waals surface area contributed by atoms with Gasteiger partial charge in [0.2, 0.25) is 0 Å². The Hall–Kier alpha value is -0.740. The van der Waals surface area contributed by atoms with Crippen LogP contribution in [-0.4, -0.2) is 33.5 Å². The summed E-state index contributed by atoms with van der Waals surface area (Å²) in [7, 11) is 0. The number of hydrogen-bond donors (Lipinski definition) is 2. The molecule has 112 valence electrons. The van der Waals surface area contributed by atoms with Gasteiger partial charge in [0.1, 0.15) is 17.2 Å². The number of carbonyl (C=O) groups is 2. The minimum Gasteiger partial charge on any atom is -0.390 e. The van der Waals surface area contributed by atoms with Gasteiger partial charge in [-0.05, 0) is 31.1 Å². The number of carbonyl (C=O) groups excluding carboxylic acids is 2. The molecule has 20 heavy (non-hydrogen) atoms. The Labute approximate surface area is 119 Å². The Morgan fingerprint density at radius 3 is 2.20 bits per heavy atom. The third kappa shape index (κ3) is 1.39. The highest BCUT2D eigenvalue weighted by Gasteiger charge is 2.69. The van der Waals surface area contributed by atoms with Gasteiger partial charge in [0.15, 0.2) is 0 Å². The maximum atomic E-state index is 12.2. The molecule has 3 saturated carbocycles. The first kappa shape index (κ1) is 14.2. The van der Waals surface area contributed by atoms with Crippen LogP contribution < -0.4 is 0 Å². The van der Waals surface area contributed by atoms with Crippen LogP contribution >= 0.6 is 0 Å². The molecule has 3 aliphatic rings. The fraction of sp³-hybridized carbons (Fsp3) is 0.875. The zero-order chi connectivity index (χ0) is 14.9. The average Bonchev–Trinajstić information content (AvgIpc) is 2.64. The predicted molar refractivity (Wildman–Crippen MR) is 72.9 cm³/mol. The molecule has 0 radical (unpaired) electrons. The quantitative estimate of drug-likeness (QED) is 0.704. The van der Waals surface area contributed by atoms with E-state index in [9.17, 15) is 19.8 Å². The van der Waals surface area contributed by atoms with Crippen LogP contribution in [0.5, 0.6) is 0 Å². The lowest BCUT2D eigenvalue weighted by atomic mass is 9.47. The monoisotopic (exact) mass is 280 g/mol. The van der Waals surface area contributed by atoms with Crippen LogP contribution in [-0.2, 0) is 9.59 Å². The zero-order valence-electron chi connectivity index (χ0n) is 12.5. The van der Waals surface area contributed by atoms with E-state index >= 15 is 0 Å². The van der Waals surface area contributed by atoms with E-state index in [1.165, 1.54) is 0 Å². The second-order valence-corrected chi connectivity index (χ2v) is 7.72. The lowest BCUT2D eigenvalue weighted by Gasteiger charge is -2.60. The largest absolute Gasteiger partial charge is 0.390 e. The summed E-state index contributed by atoms with van der Waals surface area (Å²) in [4.78, 5) is 24.4. The summed E-state index contributed by atoms with van der Waals surface area (Å²) < 4.78 is 0. The molecule has 2 N–H and O–H groups in total. The van der Waals surface area contributed by atoms with Gasteiger partial charge in [-0.25, -0.2) is 0 Å². The normalized spacial score (nSPS) is 50.8. The van der Waals surface area contributed by atoms with Crippen molar-refractivity contribution in [2.24, 2.45) is 22.7 Å². The molecule has 0 aromatic carbocycles. The van der Waals surface area contributed by atoms with Crippen LogP contribution in [0.15, 0.2) is 0 Å². The lowest BCUT2D eigenvalue weighted by Crippen LogP contribution is -2.70.